The number of nitrogens with one attached hydrogen (secondary N) is 1. The lowest BCUT2D eigenvalue weighted by molar-refractivity contribution is 0.0500. The molecule has 3 rings (SSSR count). The fraction of sp³-hybridized carbons (Fsp3) is 0.737. The van der Waals surface area contributed by atoms with Crippen molar-refractivity contribution in [3.8, 4) is 0 Å². The molecule has 0 bridgehead atoms. The molecule has 2 aliphatic heterocycles. The highest BCUT2D eigenvalue weighted by Crippen LogP contribution is 2.27. The van der Waals surface area contributed by atoms with Crippen LogP contribution in [-0.4, -0.2) is 54.0 Å². The minimum Gasteiger partial charge on any atom is -0.444 e. The van der Waals surface area contributed by atoms with Gasteiger partial charge in [0, 0.05) is 50.0 Å². The predicted molar refractivity (Wildman–Crippen MR) is 99.4 cm³/mol. The minimum atomic E-state index is -0.482. The van der Waals surface area contributed by atoms with Crippen LogP contribution in [0.4, 0.5) is 10.6 Å². The van der Waals surface area contributed by atoms with Crippen molar-refractivity contribution < 1.29 is 14.3 Å². The van der Waals surface area contributed by atoms with Crippen LogP contribution in [0, 0.1) is 0 Å². The molecule has 7 heteroatoms. The molecule has 7 nitrogen and oxygen atoms in total. The highest BCUT2D eigenvalue weighted by molar-refractivity contribution is 5.68. The smallest absolute Gasteiger partial charge is 0.407 e. The lowest BCUT2D eigenvalue weighted by atomic mass is 9.96. The number of rotatable bonds is 3. The maximum Gasteiger partial charge on any atom is 0.407 e. The number of piperidine rings is 1. The van der Waals surface area contributed by atoms with E-state index in [1.165, 1.54) is 0 Å². The van der Waals surface area contributed by atoms with Crippen molar-refractivity contribution in [2.75, 3.05) is 31.2 Å². The summed E-state index contributed by atoms with van der Waals surface area (Å²) in [5, 5.41) is 2.99. The second-order valence-corrected chi connectivity index (χ2v) is 8.12. The summed E-state index contributed by atoms with van der Waals surface area (Å²) in [6, 6.07) is 2.17. The van der Waals surface area contributed by atoms with E-state index >= 15 is 0 Å². The van der Waals surface area contributed by atoms with Gasteiger partial charge >= 0.3 is 6.09 Å². The number of hydrogen-bond acceptors (Lipinski definition) is 6. The molecule has 144 valence electrons. The summed E-state index contributed by atoms with van der Waals surface area (Å²) in [4.78, 5) is 23.2. The van der Waals surface area contributed by atoms with Gasteiger partial charge in [-0.3, -0.25) is 0 Å². The van der Waals surface area contributed by atoms with Crippen LogP contribution in [0.1, 0.15) is 58.1 Å². The summed E-state index contributed by atoms with van der Waals surface area (Å²) >= 11 is 0. The Morgan fingerprint density at radius 3 is 2.77 bits per heavy atom. The monoisotopic (exact) mass is 362 g/mol. The number of ether oxygens (including phenoxy) is 2. The van der Waals surface area contributed by atoms with E-state index in [1.807, 2.05) is 20.8 Å². The Morgan fingerprint density at radius 2 is 2.04 bits per heavy atom. The number of alkyl carbamates (subject to hydrolysis) is 1. The predicted octanol–water partition coefficient (Wildman–Crippen LogP) is 2.86. The van der Waals surface area contributed by atoms with Crippen molar-refractivity contribution >= 4 is 11.9 Å². The van der Waals surface area contributed by atoms with E-state index in [1.54, 1.807) is 6.33 Å². The molecular weight excluding hydrogens is 332 g/mol. The summed E-state index contributed by atoms with van der Waals surface area (Å²) in [5.74, 6) is 1.39. The Hall–Kier alpha value is -1.89. The van der Waals surface area contributed by atoms with E-state index in [0.29, 0.717) is 5.92 Å². The summed E-state index contributed by atoms with van der Waals surface area (Å²) < 4.78 is 10.8. The molecule has 1 atom stereocenters. The molecule has 1 aromatic heterocycles. The highest BCUT2D eigenvalue weighted by Gasteiger charge is 2.26. The van der Waals surface area contributed by atoms with Crippen molar-refractivity contribution in [3.63, 3.8) is 0 Å². The third-order valence-electron chi connectivity index (χ3n) is 4.78. The average Bonchev–Trinajstić information content (AvgIpc) is 2.61. The number of carbonyl (C=O) groups is 1. The number of anilines is 1. The number of hydrogen-bond donors (Lipinski definition) is 1. The topological polar surface area (TPSA) is 76.6 Å². The molecule has 0 aromatic carbocycles. The van der Waals surface area contributed by atoms with Crippen molar-refractivity contribution in [1.82, 2.24) is 15.3 Å². The van der Waals surface area contributed by atoms with Gasteiger partial charge in [0.25, 0.3) is 0 Å². The molecular formula is C19H30N4O3. The fourth-order valence-electron chi connectivity index (χ4n) is 3.53. The van der Waals surface area contributed by atoms with E-state index in [2.05, 4.69) is 26.3 Å². The van der Waals surface area contributed by atoms with Crippen molar-refractivity contribution in [2.24, 2.45) is 0 Å². The van der Waals surface area contributed by atoms with E-state index in [0.717, 1.165) is 63.5 Å². The van der Waals surface area contributed by atoms with Gasteiger partial charge in [-0.05, 0) is 46.5 Å². The molecule has 2 aliphatic rings. The Kier molecular flexibility index (Phi) is 5.96. The zero-order valence-corrected chi connectivity index (χ0v) is 16.0. The van der Waals surface area contributed by atoms with Crippen molar-refractivity contribution in [2.45, 2.75) is 64.0 Å². The van der Waals surface area contributed by atoms with Gasteiger partial charge in [0.2, 0.25) is 0 Å². The first-order valence-corrected chi connectivity index (χ1v) is 9.55. The van der Waals surface area contributed by atoms with E-state index < -0.39 is 5.60 Å². The summed E-state index contributed by atoms with van der Waals surface area (Å²) in [5.41, 5.74) is 0.615. The summed E-state index contributed by atoms with van der Waals surface area (Å²) in [6.45, 7) is 8.90. The van der Waals surface area contributed by atoms with Gasteiger partial charge in [0.05, 0.1) is 0 Å². The second-order valence-electron chi connectivity index (χ2n) is 8.12. The summed E-state index contributed by atoms with van der Waals surface area (Å²) in [6.07, 6.45) is 5.30. The van der Waals surface area contributed by atoms with Crippen molar-refractivity contribution in [1.29, 1.82) is 0 Å². The van der Waals surface area contributed by atoms with E-state index in [4.69, 9.17) is 9.47 Å². The lowest BCUT2D eigenvalue weighted by Crippen LogP contribution is -2.49. The zero-order valence-electron chi connectivity index (χ0n) is 16.0. The third-order valence-corrected chi connectivity index (χ3v) is 4.78. The van der Waals surface area contributed by atoms with Crippen LogP contribution in [0.15, 0.2) is 12.4 Å². The lowest BCUT2D eigenvalue weighted by Gasteiger charge is -2.34. The fourth-order valence-corrected chi connectivity index (χ4v) is 3.53. The maximum atomic E-state index is 12.0. The Bertz CT molecular complexity index is 611. The Balaban J connectivity index is 1.61. The maximum absolute atomic E-state index is 12.0. The van der Waals surface area contributed by atoms with Crippen LogP contribution in [0.25, 0.3) is 0 Å². The molecule has 1 aromatic rings. The van der Waals surface area contributed by atoms with Gasteiger partial charge in [-0.2, -0.15) is 0 Å². The first-order chi connectivity index (χ1) is 12.4. The number of amides is 1. The number of carbonyl (C=O) groups excluding carboxylic acids is 1. The third kappa shape index (κ3) is 5.30. The van der Waals surface area contributed by atoms with Crippen LogP contribution < -0.4 is 10.2 Å². The summed E-state index contributed by atoms with van der Waals surface area (Å²) in [7, 11) is 0. The van der Waals surface area contributed by atoms with Crippen LogP contribution in [-0.2, 0) is 9.47 Å². The van der Waals surface area contributed by atoms with Gasteiger partial charge in [-0.1, -0.05) is 0 Å². The molecule has 26 heavy (non-hydrogen) atoms. The average molecular weight is 362 g/mol. The Morgan fingerprint density at radius 1 is 1.27 bits per heavy atom. The minimum absolute atomic E-state index is 0.0695. The Labute approximate surface area is 155 Å². The quantitative estimate of drug-likeness (QED) is 0.891. The van der Waals surface area contributed by atoms with Gasteiger partial charge < -0.3 is 19.7 Å². The molecule has 1 unspecified atom stereocenters. The molecule has 3 heterocycles. The number of aromatic nitrogens is 2. The number of nitrogens with zero attached hydrogens (tertiary/aromatic N) is 3. The van der Waals surface area contributed by atoms with Gasteiger partial charge in [-0.25, -0.2) is 14.8 Å². The van der Waals surface area contributed by atoms with E-state index in [-0.39, 0.29) is 12.1 Å². The van der Waals surface area contributed by atoms with Crippen molar-refractivity contribution in [3.05, 3.63) is 18.1 Å². The van der Waals surface area contributed by atoms with Crippen LogP contribution >= 0.6 is 0 Å². The van der Waals surface area contributed by atoms with Crippen LogP contribution in [0.5, 0.6) is 0 Å². The first kappa shape index (κ1) is 18.9. The standard InChI is InChI=1S/C19H30N4O3/c1-19(2,3)26-18(24)22-15-5-4-8-23(12-15)17-11-16(20-13-21-17)14-6-9-25-10-7-14/h11,13-15H,4-10,12H2,1-3H3,(H,22,24). The van der Waals surface area contributed by atoms with Gasteiger partial charge in [0.1, 0.15) is 17.7 Å². The molecule has 0 spiro atoms. The van der Waals surface area contributed by atoms with Crippen LogP contribution in [0.3, 0.4) is 0 Å². The largest absolute Gasteiger partial charge is 0.444 e. The van der Waals surface area contributed by atoms with Gasteiger partial charge in [-0.15, -0.1) is 0 Å². The normalized spacial score (nSPS) is 22.1. The second kappa shape index (κ2) is 8.20. The zero-order chi connectivity index (χ0) is 18.6. The molecule has 1 N–H and O–H groups in total. The van der Waals surface area contributed by atoms with Gasteiger partial charge in [0.15, 0.2) is 0 Å². The molecule has 2 saturated heterocycles. The van der Waals surface area contributed by atoms with Crippen LogP contribution in [0.2, 0.25) is 0 Å². The molecule has 1 amide bonds. The molecule has 0 aliphatic carbocycles. The highest BCUT2D eigenvalue weighted by atomic mass is 16.6. The molecule has 2 fully saturated rings. The van der Waals surface area contributed by atoms with E-state index in [9.17, 15) is 4.79 Å². The first-order valence-electron chi connectivity index (χ1n) is 9.55. The molecule has 0 radical (unpaired) electrons. The molecule has 0 saturated carbocycles. The SMILES string of the molecule is CC(C)(C)OC(=O)NC1CCCN(c2cc(C3CCOCC3)ncn2)C1.